The number of halogens is 2. The molecule has 14 heavy (non-hydrogen) atoms. The summed E-state index contributed by atoms with van der Waals surface area (Å²) in [7, 11) is 1.72. The maximum absolute atomic E-state index is 13.1. The Morgan fingerprint density at radius 1 is 1.36 bits per heavy atom. The fourth-order valence-corrected chi connectivity index (χ4v) is 0.886. The number of hydrogen-bond acceptors (Lipinski definition) is 2. The van der Waals surface area contributed by atoms with Crippen LogP contribution in [0, 0.1) is 23.5 Å². The minimum Gasteiger partial charge on any atom is -0.396 e. The smallest absolute Gasteiger partial charge is 0.147 e. The molecule has 1 aromatic carbocycles. The van der Waals surface area contributed by atoms with Crippen LogP contribution in [-0.4, -0.2) is 13.6 Å². The van der Waals surface area contributed by atoms with Gasteiger partial charge in [0.05, 0.1) is 17.8 Å². The highest BCUT2D eigenvalue weighted by Crippen LogP contribution is 2.15. The zero-order valence-corrected chi connectivity index (χ0v) is 7.70. The normalized spacial score (nSPS) is 9.36. The lowest BCUT2D eigenvalue weighted by molar-refractivity contribution is 0.601. The summed E-state index contributed by atoms with van der Waals surface area (Å²) in [6.45, 7) is 0.422. The minimum absolute atomic E-state index is 0.0203. The molecule has 74 valence electrons. The minimum atomic E-state index is -0.653. The van der Waals surface area contributed by atoms with Crippen molar-refractivity contribution in [1.29, 1.82) is 0 Å². The van der Waals surface area contributed by atoms with E-state index in [1.807, 2.05) is 0 Å². The Bertz CT molecular complexity index is 391. The summed E-state index contributed by atoms with van der Waals surface area (Å²) < 4.78 is 26.0. The van der Waals surface area contributed by atoms with E-state index in [-0.39, 0.29) is 11.3 Å². The van der Waals surface area contributed by atoms with Gasteiger partial charge in [0.25, 0.3) is 0 Å². The SMILES string of the molecule is CNCC#Cc1cc(F)c(N)cc1F. The number of rotatable bonds is 1. The number of hydrogen-bond donors (Lipinski definition) is 2. The van der Waals surface area contributed by atoms with Gasteiger partial charge in [0.2, 0.25) is 0 Å². The fourth-order valence-electron chi connectivity index (χ4n) is 0.886. The number of nitrogen functional groups attached to an aromatic ring is 1. The fraction of sp³-hybridized carbons (Fsp3) is 0.200. The van der Waals surface area contributed by atoms with E-state index in [9.17, 15) is 8.78 Å². The molecule has 0 bridgehead atoms. The van der Waals surface area contributed by atoms with Gasteiger partial charge in [-0.3, -0.25) is 0 Å². The van der Waals surface area contributed by atoms with Crippen molar-refractivity contribution in [3.63, 3.8) is 0 Å². The van der Waals surface area contributed by atoms with Crippen LogP contribution >= 0.6 is 0 Å². The molecule has 0 fully saturated rings. The molecule has 0 unspecified atom stereocenters. The van der Waals surface area contributed by atoms with E-state index in [0.29, 0.717) is 6.54 Å². The van der Waals surface area contributed by atoms with Crippen molar-refractivity contribution < 1.29 is 8.78 Å². The van der Waals surface area contributed by atoms with Crippen molar-refractivity contribution in [3.8, 4) is 11.8 Å². The summed E-state index contributed by atoms with van der Waals surface area (Å²) in [5.74, 6) is 3.87. The maximum Gasteiger partial charge on any atom is 0.147 e. The highest BCUT2D eigenvalue weighted by atomic mass is 19.1. The highest BCUT2D eigenvalue weighted by molar-refractivity contribution is 5.47. The van der Waals surface area contributed by atoms with Gasteiger partial charge >= 0.3 is 0 Å². The van der Waals surface area contributed by atoms with Gasteiger partial charge < -0.3 is 11.1 Å². The number of nitrogens with two attached hydrogens (primary N) is 1. The van der Waals surface area contributed by atoms with Crippen molar-refractivity contribution in [2.24, 2.45) is 0 Å². The van der Waals surface area contributed by atoms with Crippen LogP contribution in [0.5, 0.6) is 0 Å². The Labute approximate surface area is 81.1 Å². The second-order valence-corrected chi connectivity index (χ2v) is 2.69. The van der Waals surface area contributed by atoms with Crippen LogP contribution in [0.4, 0.5) is 14.5 Å². The Balaban J connectivity index is 3.00. The van der Waals surface area contributed by atoms with Gasteiger partial charge in [-0.05, 0) is 13.1 Å². The van der Waals surface area contributed by atoms with E-state index in [0.717, 1.165) is 12.1 Å². The van der Waals surface area contributed by atoms with Gasteiger partial charge in [0.1, 0.15) is 11.6 Å². The molecule has 0 aromatic heterocycles. The summed E-state index contributed by atoms with van der Waals surface area (Å²) in [5, 5.41) is 2.77. The lowest BCUT2D eigenvalue weighted by atomic mass is 10.2. The lowest BCUT2D eigenvalue weighted by Crippen LogP contribution is -2.04. The molecule has 1 aromatic rings. The second kappa shape index (κ2) is 4.58. The van der Waals surface area contributed by atoms with Gasteiger partial charge in [-0.1, -0.05) is 11.8 Å². The molecule has 0 heterocycles. The van der Waals surface area contributed by atoms with Crippen LogP contribution in [0.25, 0.3) is 0 Å². The first-order valence-corrected chi connectivity index (χ1v) is 4.03. The van der Waals surface area contributed by atoms with Crippen LogP contribution in [0.2, 0.25) is 0 Å². The first-order valence-electron chi connectivity index (χ1n) is 4.03. The first kappa shape index (κ1) is 10.5. The van der Waals surface area contributed by atoms with E-state index < -0.39 is 11.6 Å². The zero-order chi connectivity index (χ0) is 10.6. The van der Waals surface area contributed by atoms with E-state index in [1.165, 1.54) is 0 Å². The molecule has 1 rings (SSSR count). The Morgan fingerprint density at radius 2 is 2.07 bits per heavy atom. The quantitative estimate of drug-likeness (QED) is 0.521. The average Bonchev–Trinajstić information content (AvgIpc) is 2.14. The molecule has 4 heteroatoms. The Hall–Kier alpha value is -1.60. The Morgan fingerprint density at radius 3 is 2.71 bits per heavy atom. The first-order chi connectivity index (χ1) is 6.65. The molecule has 2 nitrogen and oxygen atoms in total. The predicted molar refractivity (Wildman–Crippen MR) is 51.6 cm³/mol. The monoisotopic (exact) mass is 196 g/mol. The van der Waals surface area contributed by atoms with Gasteiger partial charge in [-0.2, -0.15) is 0 Å². The van der Waals surface area contributed by atoms with Crippen LogP contribution in [0.1, 0.15) is 5.56 Å². The zero-order valence-electron chi connectivity index (χ0n) is 7.70. The van der Waals surface area contributed by atoms with Crippen molar-refractivity contribution in [3.05, 3.63) is 29.3 Å². The molecule has 3 N–H and O–H groups in total. The van der Waals surface area contributed by atoms with Crippen molar-refractivity contribution in [2.45, 2.75) is 0 Å². The molecule has 0 spiro atoms. The highest BCUT2D eigenvalue weighted by Gasteiger charge is 2.04. The molecule has 0 aliphatic carbocycles. The van der Waals surface area contributed by atoms with Crippen LogP contribution in [0.15, 0.2) is 12.1 Å². The van der Waals surface area contributed by atoms with Crippen molar-refractivity contribution in [2.75, 3.05) is 19.3 Å². The van der Waals surface area contributed by atoms with E-state index in [1.54, 1.807) is 7.05 Å². The summed E-state index contributed by atoms with van der Waals surface area (Å²) >= 11 is 0. The molecule has 0 radical (unpaired) electrons. The summed E-state index contributed by atoms with van der Waals surface area (Å²) in [5.41, 5.74) is 4.98. The molecule has 0 saturated heterocycles. The number of nitrogens with one attached hydrogen (secondary N) is 1. The summed E-state index contributed by atoms with van der Waals surface area (Å²) in [6, 6.07) is 1.92. The molecular formula is C10H10F2N2. The third kappa shape index (κ3) is 2.44. The average molecular weight is 196 g/mol. The standard InChI is InChI=1S/C10H10F2N2/c1-14-4-2-3-7-5-9(12)10(13)6-8(7)11/h5-6,14H,4,13H2,1H3. The van der Waals surface area contributed by atoms with E-state index in [2.05, 4.69) is 17.2 Å². The second-order valence-electron chi connectivity index (χ2n) is 2.69. The van der Waals surface area contributed by atoms with Crippen LogP contribution in [-0.2, 0) is 0 Å². The lowest BCUT2D eigenvalue weighted by Gasteiger charge is -1.98. The predicted octanol–water partition coefficient (Wildman–Crippen LogP) is 1.12. The molecule has 0 amide bonds. The van der Waals surface area contributed by atoms with E-state index >= 15 is 0 Å². The van der Waals surface area contributed by atoms with Gasteiger partial charge in [-0.15, -0.1) is 0 Å². The third-order valence-corrected chi connectivity index (χ3v) is 1.57. The van der Waals surface area contributed by atoms with E-state index in [4.69, 9.17) is 5.73 Å². The van der Waals surface area contributed by atoms with Crippen molar-refractivity contribution >= 4 is 5.69 Å². The molecular weight excluding hydrogens is 186 g/mol. The van der Waals surface area contributed by atoms with Crippen LogP contribution < -0.4 is 11.1 Å². The maximum atomic E-state index is 13.1. The molecule has 0 atom stereocenters. The molecule has 0 saturated carbocycles. The van der Waals surface area contributed by atoms with Gasteiger partial charge in [-0.25, -0.2) is 8.78 Å². The number of benzene rings is 1. The van der Waals surface area contributed by atoms with Gasteiger partial charge in [0, 0.05) is 6.07 Å². The van der Waals surface area contributed by atoms with Crippen LogP contribution in [0.3, 0.4) is 0 Å². The molecule has 0 aliphatic heterocycles. The largest absolute Gasteiger partial charge is 0.396 e. The van der Waals surface area contributed by atoms with Gasteiger partial charge in [0.15, 0.2) is 0 Å². The van der Waals surface area contributed by atoms with Crippen molar-refractivity contribution in [1.82, 2.24) is 5.32 Å². The topological polar surface area (TPSA) is 38.0 Å². The molecule has 0 aliphatic rings. The summed E-state index contributed by atoms with van der Waals surface area (Å²) in [4.78, 5) is 0. The summed E-state index contributed by atoms with van der Waals surface area (Å²) in [6.07, 6.45) is 0. The number of anilines is 1. The third-order valence-electron chi connectivity index (χ3n) is 1.57. The Kier molecular flexibility index (Phi) is 3.43.